The monoisotopic (exact) mass is 349 g/mol. The number of hydrogen-bond acceptors (Lipinski definition) is 6. The highest BCUT2D eigenvalue weighted by atomic mass is 32.2. The average molecular weight is 349 g/mol. The lowest BCUT2D eigenvalue weighted by Crippen LogP contribution is -2.49. The molecule has 6 nitrogen and oxygen atoms in total. The number of thioether (sulfide) groups is 1. The lowest BCUT2D eigenvalue weighted by Gasteiger charge is -2.27. The maximum atomic E-state index is 12.0. The Morgan fingerprint density at radius 3 is 3.00 bits per heavy atom. The Bertz CT molecular complexity index is 689. The Balaban J connectivity index is 1.85. The van der Waals surface area contributed by atoms with Crippen LogP contribution in [0.5, 0.6) is 0 Å². The molecular weight excluding hydrogens is 330 g/mol. The molecule has 1 unspecified atom stereocenters. The number of carbonyl (C=O) groups is 1. The van der Waals surface area contributed by atoms with Crippen molar-refractivity contribution >= 4 is 29.0 Å². The highest BCUT2D eigenvalue weighted by Crippen LogP contribution is 2.18. The van der Waals surface area contributed by atoms with Gasteiger partial charge < -0.3 is 5.32 Å². The van der Waals surface area contributed by atoms with Crippen LogP contribution in [0, 0.1) is 17.2 Å². The fraction of sp³-hybridized carbons (Fsp3) is 0.467. The van der Waals surface area contributed by atoms with E-state index in [0.29, 0.717) is 11.6 Å². The van der Waals surface area contributed by atoms with Crippen LogP contribution in [0.2, 0.25) is 0 Å². The third-order valence-electron chi connectivity index (χ3n) is 3.55. The molecule has 122 valence electrons. The molecule has 1 amide bonds. The summed E-state index contributed by atoms with van der Waals surface area (Å²) in [7, 11) is 0. The second-order valence-electron chi connectivity index (χ2n) is 5.63. The van der Waals surface area contributed by atoms with Gasteiger partial charge >= 0.3 is 0 Å². The molecule has 2 aromatic rings. The molecule has 2 rings (SSSR count). The number of amides is 1. The van der Waals surface area contributed by atoms with Crippen molar-refractivity contribution in [2.45, 2.75) is 37.9 Å². The number of nitrogens with zero attached hydrogens (tertiary/aromatic N) is 3. The van der Waals surface area contributed by atoms with Gasteiger partial charge in [0.25, 0.3) is 0 Å². The largest absolute Gasteiger partial charge is 0.337 e. The molecule has 0 fully saturated rings. The van der Waals surface area contributed by atoms with Crippen LogP contribution in [0.15, 0.2) is 22.7 Å². The molecule has 0 saturated heterocycles. The number of nitriles is 1. The zero-order valence-corrected chi connectivity index (χ0v) is 14.9. The maximum Gasteiger partial charge on any atom is 0.231 e. The molecule has 2 heterocycles. The molecule has 0 saturated carbocycles. The van der Waals surface area contributed by atoms with Crippen LogP contribution >= 0.6 is 23.1 Å². The molecule has 0 aliphatic carbocycles. The lowest BCUT2D eigenvalue weighted by molar-refractivity contribution is -0.120. The van der Waals surface area contributed by atoms with Gasteiger partial charge in [-0.05, 0) is 24.3 Å². The molecule has 0 bridgehead atoms. The van der Waals surface area contributed by atoms with Crippen LogP contribution in [0.25, 0.3) is 0 Å². The number of rotatable bonds is 7. The van der Waals surface area contributed by atoms with Gasteiger partial charge in [-0.2, -0.15) is 5.26 Å². The second kappa shape index (κ2) is 7.62. The van der Waals surface area contributed by atoms with E-state index in [0.717, 1.165) is 5.82 Å². The molecule has 1 atom stereocenters. The standard InChI is InChI=1S/C15H19N5OS2/c1-10(2)15(3,9-16)18-13(21)8-23-14-17-12(19-20-14)7-11-5-4-6-22-11/h4-6,10H,7-8H2,1-3H3,(H,18,21)(H,17,19,20). The Labute approximate surface area is 143 Å². The summed E-state index contributed by atoms with van der Waals surface area (Å²) in [4.78, 5) is 17.6. The zero-order valence-electron chi connectivity index (χ0n) is 13.3. The molecule has 0 radical (unpaired) electrons. The summed E-state index contributed by atoms with van der Waals surface area (Å²) < 4.78 is 0. The maximum absolute atomic E-state index is 12.0. The number of hydrogen-bond donors (Lipinski definition) is 2. The molecule has 2 N–H and O–H groups in total. The summed E-state index contributed by atoms with van der Waals surface area (Å²) in [5.74, 6) is 0.791. The molecule has 0 spiro atoms. The Kier molecular flexibility index (Phi) is 5.80. The first-order chi connectivity index (χ1) is 10.9. The fourth-order valence-corrected chi connectivity index (χ4v) is 3.08. The number of nitrogens with one attached hydrogen (secondary N) is 2. The van der Waals surface area contributed by atoms with Crippen molar-refractivity contribution in [1.82, 2.24) is 20.5 Å². The van der Waals surface area contributed by atoms with Crippen molar-refractivity contribution in [1.29, 1.82) is 5.26 Å². The van der Waals surface area contributed by atoms with Crippen LogP contribution in [0.4, 0.5) is 0 Å². The molecule has 0 aliphatic rings. The van der Waals surface area contributed by atoms with Gasteiger partial charge in [0.1, 0.15) is 11.4 Å². The molecule has 23 heavy (non-hydrogen) atoms. The van der Waals surface area contributed by atoms with Crippen molar-refractivity contribution < 1.29 is 4.79 Å². The molecule has 0 aliphatic heterocycles. The third kappa shape index (κ3) is 4.81. The number of aromatic amines is 1. The predicted molar refractivity (Wildman–Crippen MR) is 91.2 cm³/mol. The van der Waals surface area contributed by atoms with E-state index in [2.05, 4.69) is 26.6 Å². The summed E-state index contributed by atoms with van der Waals surface area (Å²) in [5.41, 5.74) is -0.860. The summed E-state index contributed by atoms with van der Waals surface area (Å²) in [6, 6.07) is 6.20. The van der Waals surface area contributed by atoms with E-state index in [1.165, 1.54) is 16.6 Å². The third-order valence-corrected chi connectivity index (χ3v) is 5.28. The van der Waals surface area contributed by atoms with E-state index in [4.69, 9.17) is 0 Å². The van der Waals surface area contributed by atoms with Crippen molar-refractivity contribution in [3.05, 3.63) is 28.2 Å². The number of aromatic nitrogens is 3. The second-order valence-corrected chi connectivity index (χ2v) is 7.60. The van der Waals surface area contributed by atoms with E-state index in [9.17, 15) is 10.1 Å². The fourth-order valence-electron chi connectivity index (χ4n) is 1.76. The van der Waals surface area contributed by atoms with Crippen LogP contribution in [-0.2, 0) is 11.2 Å². The highest BCUT2D eigenvalue weighted by Gasteiger charge is 2.29. The van der Waals surface area contributed by atoms with Gasteiger partial charge in [-0.3, -0.25) is 9.89 Å². The lowest BCUT2D eigenvalue weighted by atomic mass is 9.90. The van der Waals surface area contributed by atoms with E-state index in [1.54, 1.807) is 18.3 Å². The average Bonchev–Trinajstić information content (AvgIpc) is 3.17. The Hall–Kier alpha value is -1.85. The first kappa shape index (κ1) is 17.5. The predicted octanol–water partition coefficient (Wildman–Crippen LogP) is 2.60. The van der Waals surface area contributed by atoms with Crippen molar-refractivity contribution in [3.8, 4) is 6.07 Å². The number of carbonyl (C=O) groups excluding carboxylic acids is 1. The topological polar surface area (TPSA) is 94.5 Å². The van der Waals surface area contributed by atoms with Crippen LogP contribution in [0.3, 0.4) is 0 Å². The van der Waals surface area contributed by atoms with Gasteiger partial charge in [0, 0.05) is 11.3 Å². The number of H-pyrrole nitrogens is 1. The van der Waals surface area contributed by atoms with Gasteiger partial charge in [0.05, 0.1) is 11.8 Å². The minimum atomic E-state index is -0.860. The molecule has 2 aromatic heterocycles. The van der Waals surface area contributed by atoms with E-state index in [1.807, 2.05) is 31.4 Å². The smallest absolute Gasteiger partial charge is 0.231 e. The first-order valence-electron chi connectivity index (χ1n) is 7.21. The first-order valence-corrected chi connectivity index (χ1v) is 9.08. The minimum Gasteiger partial charge on any atom is -0.337 e. The van der Waals surface area contributed by atoms with E-state index in [-0.39, 0.29) is 17.6 Å². The van der Waals surface area contributed by atoms with E-state index < -0.39 is 5.54 Å². The summed E-state index contributed by atoms with van der Waals surface area (Å²) >= 11 is 2.92. The van der Waals surface area contributed by atoms with Crippen molar-refractivity contribution in [2.24, 2.45) is 5.92 Å². The van der Waals surface area contributed by atoms with Gasteiger partial charge in [-0.1, -0.05) is 31.7 Å². The van der Waals surface area contributed by atoms with E-state index >= 15 is 0 Å². The van der Waals surface area contributed by atoms with Gasteiger partial charge in [-0.15, -0.1) is 16.4 Å². The van der Waals surface area contributed by atoms with Gasteiger partial charge in [-0.25, -0.2) is 4.98 Å². The SMILES string of the molecule is CC(C)C(C)(C#N)NC(=O)CSc1n[nH]c(Cc2cccs2)n1. The summed E-state index contributed by atoms with van der Waals surface area (Å²) in [5, 5.41) is 21.5. The van der Waals surface area contributed by atoms with Crippen LogP contribution in [0.1, 0.15) is 31.5 Å². The summed E-state index contributed by atoms with van der Waals surface area (Å²) in [6.45, 7) is 5.54. The van der Waals surface area contributed by atoms with Crippen molar-refractivity contribution in [3.63, 3.8) is 0 Å². The summed E-state index contributed by atoms with van der Waals surface area (Å²) in [6.07, 6.45) is 0.706. The molecule has 0 aromatic carbocycles. The van der Waals surface area contributed by atoms with Gasteiger partial charge in [0.15, 0.2) is 0 Å². The minimum absolute atomic E-state index is 0.0300. The molecule has 8 heteroatoms. The van der Waals surface area contributed by atoms with Crippen LogP contribution in [-0.4, -0.2) is 32.4 Å². The normalized spacial score (nSPS) is 13.5. The zero-order chi connectivity index (χ0) is 16.9. The Morgan fingerprint density at radius 1 is 1.61 bits per heavy atom. The molecular formula is C15H19N5OS2. The highest BCUT2D eigenvalue weighted by molar-refractivity contribution is 7.99. The van der Waals surface area contributed by atoms with Crippen molar-refractivity contribution in [2.75, 3.05) is 5.75 Å². The quantitative estimate of drug-likeness (QED) is 0.749. The van der Waals surface area contributed by atoms with Crippen LogP contribution < -0.4 is 5.32 Å². The number of thiophene rings is 1. The van der Waals surface area contributed by atoms with Gasteiger partial charge in [0.2, 0.25) is 11.1 Å². The Morgan fingerprint density at radius 2 is 2.39 bits per heavy atom.